The molecule has 4 rings (SSSR count). The highest BCUT2D eigenvalue weighted by atomic mass is 16.7. The average molecular weight is 606 g/mol. The van der Waals surface area contributed by atoms with Gasteiger partial charge in [-0.3, -0.25) is 14.6 Å². The van der Waals surface area contributed by atoms with E-state index in [1.807, 2.05) is 0 Å². The largest absolute Gasteiger partial charge is 0.507 e. The third kappa shape index (κ3) is 5.51. The second-order valence-corrected chi connectivity index (χ2v) is 10.1. The van der Waals surface area contributed by atoms with Crippen LogP contribution in [0.15, 0.2) is 17.1 Å². The molecule has 1 heterocycles. The summed E-state index contributed by atoms with van der Waals surface area (Å²) in [5, 5.41) is 74.7. The van der Waals surface area contributed by atoms with Crippen molar-refractivity contribution in [3.8, 4) is 17.2 Å². The minimum Gasteiger partial charge on any atom is -0.507 e. The van der Waals surface area contributed by atoms with Gasteiger partial charge < -0.3 is 61.0 Å². The SMILES string of the molecule is CN=C(N)N[C@@H](CCO)c1c(C)cc2c(c1O)C(=O)c1c(O[C@@H]3O[C@H](CO)[C@@H](O)[C@H](O)[C@H]3O)cc(OC)c(CO)c1C2=O. The molecule has 1 saturated heterocycles. The number of aliphatic hydroxyl groups excluding tert-OH is 6. The monoisotopic (exact) mass is 605 g/mol. The highest BCUT2D eigenvalue weighted by Gasteiger charge is 2.46. The summed E-state index contributed by atoms with van der Waals surface area (Å²) >= 11 is 0. The summed E-state index contributed by atoms with van der Waals surface area (Å²) in [5.74, 6) is -2.62. The molecule has 2 aromatic rings. The zero-order chi connectivity index (χ0) is 31.7. The number of carbonyl (C=O) groups is 2. The van der Waals surface area contributed by atoms with Gasteiger partial charge in [-0.1, -0.05) is 0 Å². The Morgan fingerprint density at radius 2 is 1.74 bits per heavy atom. The predicted molar refractivity (Wildman–Crippen MR) is 148 cm³/mol. The van der Waals surface area contributed by atoms with Crippen molar-refractivity contribution >= 4 is 17.5 Å². The molecule has 15 heteroatoms. The van der Waals surface area contributed by atoms with Crippen LogP contribution in [0.3, 0.4) is 0 Å². The lowest BCUT2D eigenvalue weighted by Gasteiger charge is -2.40. The molecule has 0 bridgehead atoms. The number of aliphatic hydroxyl groups is 6. The zero-order valence-electron chi connectivity index (χ0n) is 23.6. The number of aromatic hydroxyl groups is 1. The molecule has 0 unspecified atom stereocenters. The highest BCUT2D eigenvalue weighted by Crippen LogP contribution is 2.45. The van der Waals surface area contributed by atoms with Gasteiger partial charge in [0.1, 0.15) is 41.7 Å². The summed E-state index contributed by atoms with van der Waals surface area (Å²) < 4.78 is 16.6. The van der Waals surface area contributed by atoms with Crippen molar-refractivity contribution < 1.29 is 59.5 Å². The Morgan fingerprint density at radius 3 is 2.33 bits per heavy atom. The molecular weight excluding hydrogens is 570 g/mol. The number of phenolic OH excluding ortho intramolecular Hbond substituents is 1. The van der Waals surface area contributed by atoms with Crippen LogP contribution in [0.25, 0.3) is 0 Å². The molecule has 234 valence electrons. The maximum absolute atomic E-state index is 14.2. The van der Waals surface area contributed by atoms with E-state index in [2.05, 4.69) is 10.3 Å². The van der Waals surface area contributed by atoms with Gasteiger partial charge >= 0.3 is 0 Å². The maximum Gasteiger partial charge on any atom is 0.229 e. The van der Waals surface area contributed by atoms with Crippen molar-refractivity contribution in [2.75, 3.05) is 27.4 Å². The van der Waals surface area contributed by atoms with Crippen molar-refractivity contribution in [2.45, 2.75) is 56.7 Å². The van der Waals surface area contributed by atoms with Gasteiger partial charge in [-0.2, -0.15) is 0 Å². The van der Waals surface area contributed by atoms with Crippen LogP contribution >= 0.6 is 0 Å². The Kier molecular flexibility index (Phi) is 9.56. The minimum atomic E-state index is -1.85. The number of aryl methyl sites for hydroxylation is 1. The van der Waals surface area contributed by atoms with Gasteiger partial charge in [0.05, 0.1) is 37.5 Å². The zero-order valence-corrected chi connectivity index (χ0v) is 23.6. The van der Waals surface area contributed by atoms with Crippen molar-refractivity contribution in [3.63, 3.8) is 0 Å². The number of phenols is 1. The maximum atomic E-state index is 14.2. The predicted octanol–water partition coefficient (Wildman–Crippen LogP) is -1.89. The first-order chi connectivity index (χ1) is 20.4. The molecule has 1 fully saturated rings. The normalized spacial score (nSPS) is 24.3. The number of hydrogen-bond donors (Lipinski definition) is 9. The fourth-order valence-electron chi connectivity index (χ4n) is 5.46. The summed E-state index contributed by atoms with van der Waals surface area (Å²) in [7, 11) is 2.68. The van der Waals surface area contributed by atoms with E-state index < -0.39 is 72.8 Å². The number of nitrogens with zero attached hydrogens (tertiary/aromatic N) is 1. The fourth-order valence-corrected chi connectivity index (χ4v) is 5.46. The van der Waals surface area contributed by atoms with Crippen LogP contribution in [0.1, 0.15) is 61.0 Å². The number of aliphatic imine (C=N–C) groups is 1. The van der Waals surface area contributed by atoms with E-state index >= 15 is 0 Å². The molecule has 10 N–H and O–H groups in total. The number of nitrogens with one attached hydrogen (secondary N) is 1. The molecule has 6 atom stereocenters. The quantitative estimate of drug-likeness (QED) is 0.0955. The van der Waals surface area contributed by atoms with Crippen LogP contribution < -0.4 is 20.5 Å². The topological polar surface area (TPSA) is 254 Å². The van der Waals surface area contributed by atoms with E-state index in [9.17, 15) is 45.3 Å². The number of ketones is 2. The number of methoxy groups -OCH3 is 1. The fraction of sp³-hybridized carbons (Fsp3) is 0.464. The van der Waals surface area contributed by atoms with Gasteiger partial charge in [0.2, 0.25) is 12.1 Å². The summed E-state index contributed by atoms with van der Waals surface area (Å²) in [6.07, 6.45) is -8.34. The summed E-state index contributed by atoms with van der Waals surface area (Å²) in [6, 6.07) is 1.76. The number of guanidine groups is 1. The number of ether oxygens (including phenoxy) is 3. The first kappa shape index (κ1) is 32.1. The van der Waals surface area contributed by atoms with Crippen LogP contribution in [0.4, 0.5) is 0 Å². The molecule has 0 saturated carbocycles. The Morgan fingerprint density at radius 1 is 1.05 bits per heavy atom. The molecule has 2 aromatic carbocycles. The van der Waals surface area contributed by atoms with Gasteiger partial charge in [0.25, 0.3) is 0 Å². The van der Waals surface area contributed by atoms with Crippen LogP contribution in [-0.2, 0) is 11.3 Å². The molecular formula is C28H35N3O12. The van der Waals surface area contributed by atoms with Gasteiger partial charge in [0.15, 0.2) is 11.7 Å². The van der Waals surface area contributed by atoms with Crippen molar-refractivity contribution in [2.24, 2.45) is 10.7 Å². The van der Waals surface area contributed by atoms with Gasteiger partial charge in [-0.05, 0) is 25.0 Å². The van der Waals surface area contributed by atoms with E-state index in [1.54, 1.807) is 6.92 Å². The molecule has 0 radical (unpaired) electrons. The number of rotatable bonds is 9. The Labute approximate surface area is 245 Å². The number of fused-ring (bicyclic) bond motifs is 2. The number of carbonyl (C=O) groups excluding carboxylic acids is 2. The second-order valence-electron chi connectivity index (χ2n) is 10.1. The first-order valence-electron chi connectivity index (χ1n) is 13.3. The minimum absolute atomic E-state index is 0.00221. The Balaban J connectivity index is 1.92. The Hall–Kier alpha value is -3.83. The molecule has 43 heavy (non-hydrogen) atoms. The molecule has 1 aliphatic carbocycles. The lowest BCUT2D eigenvalue weighted by atomic mass is 9.78. The molecule has 15 nitrogen and oxygen atoms in total. The van der Waals surface area contributed by atoms with Gasteiger partial charge in [-0.25, -0.2) is 0 Å². The van der Waals surface area contributed by atoms with E-state index in [1.165, 1.54) is 26.3 Å². The standard InChI is InChI=1S/C28H35N3O12/c1-10-6-11-19(23(37)17(10)13(4-5-32)31-28(29)30-2)24(38)20-15(7-14(41-3)12(8-33)18(20)21(11)35)42-27-26(40)25(39)22(36)16(9-34)43-27/h6-7,13,16,22,25-27,32-34,36-37,39-40H,4-5,8-9H2,1-3H3,(H3,29,30,31)/t13-,16+,22+,25-,26+,27+/m0/s1. The third-order valence-corrected chi connectivity index (χ3v) is 7.63. The molecule has 0 amide bonds. The van der Waals surface area contributed by atoms with Crippen LogP contribution in [-0.4, -0.2) is 111 Å². The van der Waals surface area contributed by atoms with E-state index in [0.29, 0.717) is 5.56 Å². The van der Waals surface area contributed by atoms with Gasteiger partial charge in [0, 0.05) is 42.0 Å². The second kappa shape index (κ2) is 12.8. The average Bonchev–Trinajstić information content (AvgIpc) is 2.98. The number of nitrogens with two attached hydrogens (primary N) is 1. The third-order valence-electron chi connectivity index (χ3n) is 7.63. The summed E-state index contributed by atoms with van der Waals surface area (Å²) in [6.45, 7) is -0.189. The van der Waals surface area contributed by atoms with E-state index in [4.69, 9.17) is 19.9 Å². The van der Waals surface area contributed by atoms with Crippen LogP contribution in [0.2, 0.25) is 0 Å². The lowest BCUT2D eigenvalue weighted by molar-refractivity contribution is -0.277. The molecule has 1 aliphatic heterocycles. The van der Waals surface area contributed by atoms with E-state index in [-0.39, 0.29) is 58.3 Å². The molecule has 0 aromatic heterocycles. The highest BCUT2D eigenvalue weighted by molar-refractivity contribution is 6.31. The summed E-state index contributed by atoms with van der Waals surface area (Å²) in [5.41, 5.74) is 5.12. The number of hydrogen-bond acceptors (Lipinski definition) is 13. The first-order valence-corrected chi connectivity index (χ1v) is 13.3. The number of benzene rings is 2. The lowest BCUT2D eigenvalue weighted by Crippen LogP contribution is -2.60. The van der Waals surface area contributed by atoms with Crippen molar-refractivity contribution in [1.82, 2.24) is 5.32 Å². The van der Waals surface area contributed by atoms with Crippen molar-refractivity contribution in [1.29, 1.82) is 0 Å². The smallest absolute Gasteiger partial charge is 0.229 e. The molecule has 0 spiro atoms. The van der Waals surface area contributed by atoms with Crippen molar-refractivity contribution in [3.05, 3.63) is 51.1 Å². The van der Waals surface area contributed by atoms with Gasteiger partial charge in [-0.15, -0.1) is 0 Å². The van der Waals surface area contributed by atoms with Crippen LogP contribution in [0, 0.1) is 6.92 Å². The summed E-state index contributed by atoms with van der Waals surface area (Å²) in [4.78, 5) is 32.0. The van der Waals surface area contributed by atoms with E-state index in [0.717, 1.165) is 0 Å². The Bertz CT molecular complexity index is 1440. The van der Waals surface area contributed by atoms with Crippen LogP contribution in [0.5, 0.6) is 17.2 Å². The molecule has 2 aliphatic rings.